The van der Waals surface area contributed by atoms with Gasteiger partial charge in [0.15, 0.2) is 0 Å². The van der Waals surface area contributed by atoms with Gasteiger partial charge in [0, 0.05) is 40.3 Å². The van der Waals surface area contributed by atoms with E-state index in [1.165, 1.54) is 53.6 Å². The molecule has 5 aromatic rings. The Morgan fingerprint density at radius 3 is 2.45 bits per heavy atom. The Morgan fingerprint density at radius 2 is 1.76 bits per heavy atom. The molecule has 8 nitrogen and oxygen atoms in total. The summed E-state index contributed by atoms with van der Waals surface area (Å²) in [5.74, 6) is 0.160. The largest absolute Gasteiger partial charge is 0.472 e. The molecule has 0 saturated heterocycles. The molecule has 0 spiro atoms. The Bertz CT molecular complexity index is 1500. The molecule has 3 aromatic carbocycles. The maximum absolute atomic E-state index is 13.3. The van der Waals surface area contributed by atoms with Gasteiger partial charge in [0.05, 0.1) is 17.6 Å². The second-order valence-corrected chi connectivity index (χ2v) is 8.19. The summed E-state index contributed by atoms with van der Waals surface area (Å²) in [6.45, 7) is 0.0789. The van der Waals surface area contributed by atoms with E-state index in [2.05, 4.69) is 20.4 Å². The van der Waals surface area contributed by atoms with Crippen LogP contribution in [-0.4, -0.2) is 26.2 Å². The number of halogens is 3. The zero-order valence-corrected chi connectivity index (χ0v) is 20.5. The van der Waals surface area contributed by atoms with Crippen LogP contribution < -0.4 is 15.8 Å². The van der Waals surface area contributed by atoms with Gasteiger partial charge in [-0.1, -0.05) is 23.7 Å². The molecule has 0 bridgehead atoms. The molecule has 0 saturated carbocycles. The number of hydrogen-bond donors (Lipinski definition) is 2. The van der Waals surface area contributed by atoms with E-state index < -0.39 is 0 Å². The lowest BCUT2D eigenvalue weighted by Gasteiger charge is -2.06. The molecule has 0 aliphatic rings. The summed E-state index contributed by atoms with van der Waals surface area (Å²) in [5, 5.41) is 7.68. The topological polar surface area (TPSA) is 108 Å². The summed E-state index contributed by atoms with van der Waals surface area (Å²) >= 11 is 5.88. The molecule has 2 aromatic heterocycles. The third kappa shape index (κ3) is 6.89. The number of benzene rings is 3. The molecule has 38 heavy (non-hydrogen) atoms. The molecule has 0 atom stereocenters. The highest BCUT2D eigenvalue weighted by molar-refractivity contribution is 6.30. The van der Waals surface area contributed by atoms with Crippen LogP contribution in [-0.2, 0) is 11.4 Å². The summed E-state index contributed by atoms with van der Waals surface area (Å²) in [6, 6.07) is 19.1. The van der Waals surface area contributed by atoms with Gasteiger partial charge in [-0.15, -0.1) is 0 Å². The maximum Gasteiger partial charge on any atom is 0.232 e. The number of hydrogen-bond acceptors (Lipinski definition) is 6. The van der Waals surface area contributed by atoms with Gasteiger partial charge in [-0.2, -0.15) is 5.10 Å². The van der Waals surface area contributed by atoms with Crippen molar-refractivity contribution in [2.24, 2.45) is 0 Å². The first kappa shape index (κ1) is 26.2. The van der Waals surface area contributed by atoms with Crippen LogP contribution in [0.2, 0.25) is 5.02 Å². The van der Waals surface area contributed by atoms with Gasteiger partial charge in [0.2, 0.25) is 12.3 Å². The quantitative estimate of drug-likeness (QED) is 0.205. The molecule has 11 heteroatoms. The van der Waals surface area contributed by atoms with Crippen LogP contribution in [0.25, 0.3) is 16.9 Å². The third-order valence-corrected chi connectivity index (χ3v) is 5.36. The Kier molecular flexibility index (Phi) is 8.57. The predicted molar refractivity (Wildman–Crippen MR) is 141 cm³/mol. The minimum absolute atomic E-state index is 0.0789. The first-order valence-electron chi connectivity index (χ1n) is 11.2. The summed E-state index contributed by atoms with van der Waals surface area (Å²) < 4.78 is 33.1. The number of aromatic nitrogens is 4. The summed E-state index contributed by atoms with van der Waals surface area (Å²) in [7, 11) is 0. The van der Waals surface area contributed by atoms with Crippen LogP contribution >= 0.6 is 11.6 Å². The molecule has 3 N–H and O–H groups in total. The van der Waals surface area contributed by atoms with Gasteiger partial charge in [-0.3, -0.25) is 9.78 Å². The zero-order valence-electron chi connectivity index (χ0n) is 19.8. The van der Waals surface area contributed by atoms with Crippen molar-refractivity contribution in [2.45, 2.75) is 6.61 Å². The van der Waals surface area contributed by atoms with Crippen molar-refractivity contribution in [3.63, 3.8) is 0 Å². The van der Waals surface area contributed by atoms with Crippen molar-refractivity contribution >= 4 is 29.5 Å². The number of rotatable bonds is 7. The van der Waals surface area contributed by atoms with E-state index in [4.69, 9.17) is 22.1 Å². The van der Waals surface area contributed by atoms with Gasteiger partial charge >= 0.3 is 0 Å². The molecule has 1 amide bonds. The predicted octanol–water partition coefficient (Wildman–Crippen LogP) is 5.68. The Morgan fingerprint density at radius 1 is 1.00 bits per heavy atom. The summed E-state index contributed by atoms with van der Waals surface area (Å²) in [4.78, 5) is 18.5. The Labute approximate surface area is 221 Å². The first-order valence-corrected chi connectivity index (χ1v) is 11.6. The zero-order chi connectivity index (χ0) is 26.9. The number of nitrogens with one attached hydrogen (secondary N) is 1. The van der Waals surface area contributed by atoms with Crippen LogP contribution in [0, 0.1) is 11.6 Å². The number of nitrogens with zero attached hydrogens (tertiary/aromatic N) is 4. The first-order chi connectivity index (χ1) is 18.4. The lowest BCUT2D eigenvalue weighted by atomic mass is 10.1. The van der Waals surface area contributed by atoms with Crippen molar-refractivity contribution in [1.29, 1.82) is 0 Å². The average Bonchev–Trinajstić information content (AvgIpc) is 3.35. The van der Waals surface area contributed by atoms with Crippen molar-refractivity contribution in [2.75, 3.05) is 11.1 Å². The second kappa shape index (κ2) is 12.4. The summed E-state index contributed by atoms with van der Waals surface area (Å²) in [6.07, 6.45) is 5.08. The van der Waals surface area contributed by atoms with Crippen LogP contribution in [0.3, 0.4) is 0 Å². The molecule has 0 aliphatic carbocycles. The fourth-order valence-corrected chi connectivity index (χ4v) is 3.43. The van der Waals surface area contributed by atoms with Crippen LogP contribution in [0.5, 0.6) is 5.88 Å². The van der Waals surface area contributed by atoms with Crippen LogP contribution in [0.15, 0.2) is 91.4 Å². The third-order valence-electron chi connectivity index (χ3n) is 5.11. The molecular formula is C27H21ClF2N6O2. The van der Waals surface area contributed by atoms with E-state index in [0.717, 1.165) is 5.56 Å². The molecule has 192 valence electrons. The van der Waals surface area contributed by atoms with Gasteiger partial charge in [-0.05, 0) is 54.6 Å². The minimum atomic E-state index is -0.349. The molecule has 0 radical (unpaired) electrons. The molecular weight excluding hydrogens is 514 g/mol. The number of ether oxygens (including phenoxy) is 1. The van der Waals surface area contributed by atoms with Gasteiger partial charge in [0.1, 0.15) is 24.1 Å². The van der Waals surface area contributed by atoms with Crippen LogP contribution in [0.4, 0.5) is 20.3 Å². The van der Waals surface area contributed by atoms with E-state index in [1.54, 1.807) is 30.3 Å². The Balaban J connectivity index is 0.000000186. The minimum Gasteiger partial charge on any atom is -0.472 e. The number of amides is 1. The lowest BCUT2D eigenvalue weighted by Crippen LogP contribution is -2.04. The van der Waals surface area contributed by atoms with Crippen molar-refractivity contribution < 1.29 is 18.3 Å². The summed E-state index contributed by atoms with van der Waals surface area (Å²) in [5.41, 5.74) is 8.62. The number of nitrogen functional groups attached to an aromatic ring is 1. The number of anilines is 2. The van der Waals surface area contributed by atoms with Gasteiger partial charge < -0.3 is 15.8 Å². The van der Waals surface area contributed by atoms with Crippen LogP contribution in [0.1, 0.15) is 5.56 Å². The van der Waals surface area contributed by atoms with Gasteiger partial charge in [0.25, 0.3) is 0 Å². The van der Waals surface area contributed by atoms with Gasteiger partial charge in [-0.25, -0.2) is 18.4 Å². The van der Waals surface area contributed by atoms with E-state index in [0.29, 0.717) is 45.8 Å². The highest BCUT2D eigenvalue weighted by atomic mass is 35.5. The standard InChI is InChI=1S/C16H11ClFN3O.C11H10FN3O/c17-12-3-1-11(2-4-12)15-9-16(19-10-22)21(20-15)14-7-5-13(18)6-8-14;12-10-2-1-9(13)5-8(10)7-16-11-6-14-3-4-15-11/h1-10H,(H,19,22);1-6H,7,13H2. The fourth-order valence-electron chi connectivity index (χ4n) is 3.30. The number of carbonyl (C=O) groups excluding carboxylic acids is 1. The normalized spacial score (nSPS) is 10.3. The Hall–Kier alpha value is -4.83. The molecule has 0 unspecified atom stereocenters. The average molecular weight is 535 g/mol. The molecule has 5 rings (SSSR count). The highest BCUT2D eigenvalue weighted by Crippen LogP contribution is 2.26. The van der Waals surface area contributed by atoms with Crippen molar-refractivity contribution in [3.8, 4) is 22.8 Å². The fraction of sp³-hybridized carbons (Fsp3) is 0.0370. The lowest BCUT2D eigenvalue weighted by molar-refractivity contribution is -0.105. The molecule has 0 aliphatic heterocycles. The van der Waals surface area contributed by atoms with Crippen molar-refractivity contribution in [1.82, 2.24) is 19.7 Å². The number of carbonyl (C=O) groups is 1. The van der Waals surface area contributed by atoms with E-state index in [9.17, 15) is 13.6 Å². The number of nitrogens with two attached hydrogens (primary N) is 1. The van der Waals surface area contributed by atoms with E-state index in [-0.39, 0.29) is 18.2 Å². The molecule has 0 fully saturated rings. The van der Waals surface area contributed by atoms with E-state index >= 15 is 0 Å². The van der Waals surface area contributed by atoms with Crippen molar-refractivity contribution in [3.05, 3.63) is 114 Å². The maximum atomic E-state index is 13.3. The highest BCUT2D eigenvalue weighted by Gasteiger charge is 2.11. The molecule has 2 heterocycles. The smallest absolute Gasteiger partial charge is 0.232 e. The SMILES string of the molecule is Nc1ccc(F)c(COc2cnccn2)c1.O=CNc1cc(-c2ccc(Cl)cc2)nn1-c1ccc(F)cc1. The monoisotopic (exact) mass is 534 g/mol. The van der Waals surface area contributed by atoms with E-state index in [1.807, 2.05) is 12.1 Å². The second-order valence-electron chi connectivity index (χ2n) is 7.76.